The van der Waals surface area contributed by atoms with Crippen LogP contribution in [0.2, 0.25) is 0 Å². The van der Waals surface area contributed by atoms with Crippen LogP contribution in [0.3, 0.4) is 0 Å². The summed E-state index contributed by atoms with van der Waals surface area (Å²) in [6.07, 6.45) is 4.31. The molecule has 0 bridgehead atoms. The maximum absolute atomic E-state index is 12.4. The number of rotatable bonds is 3. The summed E-state index contributed by atoms with van der Waals surface area (Å²) in [4.78, 5) is 25.4. The van der Waals surface area contributed by atoms with Crippen LogP contribution in [0.15, 0.2) is 18.3 Å². The molecule has 0 saturated carbocycles. The molecule has 7 heteroatoms. The molecule has 112 valence electrons. The Morgan fingerprint density at radius 1 is 1.43 bits per heavy atom. The van der Waals surface area contributed by atoms with E-state index >= 15 is 0 Å². The van der Waals surface area contributed by atoms with Crippen LogP contribution in [-0.2, 0) is 9.59 Å². The summed E-state index contributed by atoms with van der Waals surface area (Å²) in [5.74, 6) is 0.428. The van der Waals surface area contributed by atoms with Gasteiger partial charge in [0.15, 0.2) is 0 Å². The smallest absolute Gasteiger partial charge is 0.245 e. The van der Waals surface area contributed by atoms with Crippen molar-refractivity contribution in [1.82, 2.24) is 20.4 Å². The molecule has 1 N–H and O–H groups in total. The number of hydrogen-bond donors (Lipinski definition) is 1. The molecule has 2 atom stereocenters. The van der Waals surface area contributed by atoms with Gasteiger partial charge in [0.25, 0.3) is 0 Å². The highest BCUT2D eigenvalue weighted by atomic mass is 16.5. The summed E-state index contributed by atoms with van der Waals surface area (Å²) >= 11 is 0. The third-order valence-corrected chi connectivity index (χ3v) is 3.82. The van der Waals surface area contributed by atoms with Gasteiger partial charge in [0.2, 0.25) is 17.7 Å². The van der Waals surface area contributed by atoms with Gasteiger partial charge in [-0.25, -0.2) is 0 Å². The Bertz CT molecular complexity index is 522. The van der Waals surface area contributed by atoms with Crippen LogP contribution in [0.25, 0.3) is 0 Å². The van der Waals surface area contributed by atoms with Crippen LogP contribution in [-0.4, -0.2) is 52.1 Å². The lowest BCUT2D eigenvalue weighted by Gasteiger charge is -2.33. The average molecular weight is 290 g/mol. The van der Waals surface area contributed by atoms with Crippen LogP contribution < -0.4 is 10.1 Å². The molecular formula is C14H18N4O3. The lowest BCUT2D eigenvalue weighted by Crippen LogP contribution is -2.50. The summed E-state index contributed by atoms with van der Waals surface area (Å²) in [6, 6.07) is 3.15. The van der Waals surface area contributed by atoms with Gasteiger partial charge in [0.05, 0.1) is 6.54 Å². The fourth-order valence-corrected chi connectivity index (χ4v) is 2.78. The fraction of sp³-hybridized carbons (Fsp3) is 0.571. The summed E-state index contributed by atoms with van der Waals surface area (Å²) in [7, 11) is 0. The van der Waals surface area contributed by atoms with Crippen LogP contribution >= 0.6 is 0 Å². The predicted octanol–water partition coefficient (Wildman–Crippen LogP) is 0.125. The van der Waals surface area contributed by atoms with Gasteiger partial charge in [0.1, 0.15) is 12.1 Å². The van der Waals surface area contributed by atoms with Crippen LogP contribution in [0, 0.1) is 0 Å². The number of likely N-dealkylation sites (tertiary alicyclic amines) is 1. The predicted molar refractivity (Wildman–Crippen MR) is 73.4 cm³/mol. The van der Waals surface area contributed by atoms with Crippen molar-refractivity contribution in [3.63, 3.8) is 0 Å². The van der Waals surface area contributed by atoms with Gasteiger partial charge < -0.3 is 15.0 Å². The SMILES string of the molecule is O=C1CC[C@@H](C(=O)N2CCC[C@@H](Oc3cccnn3)C2)N1. The van der Waals surface area contributed by atoms with Gasteiger partial charge >= 0.3 is 0 Å². The van der Waals surface area contributed by atoms with Crippen molar-refractivity contribution >= 4 is 11.8 Å². The number of carbonyl (C=O) groups excluding carboxylic acids is 2. The molecule has 0 unspecified atom stereocenters. The molecule has 3 rings (SSSR count). The van der Waals surface area contributed by atoms with Crippen molar-refractivity contribution in [1.29, 1.82) is 0 Å². The summed E-state index contributed by atoms with van der Waals surface area (Å²) in [5.41, 5.74) is 0. The van der Waals surface area contributed by atoms with E-state index < -0.39 is 0 Å². The standard InChI is InChI=1S/C14H18N4O3/c19-12-6-5-11(16-12)14(20)18-8-2-3-10(9-18)21-13-4-1-7-15-17-13/h1,4,7,10-11H,2-3,5-6,8-9H2,(H,16,19)/t10-,11+/m1/s1. The Labute approximate surface area is 122 Å². The number of hydrogen-bond acceptors (Lipinski definition) is 5. The van der Waals surface area contributed by atoms with E-state index in [2.05, 4.69) is 15.5 Å². The molecule has 0 spiro atoms. The van der Waals surface area contributed by atoms with Crippen molar-refractivity contribution in [2.24, 2.45) is 0 Å². The van der Waals surface area contributed by atoms with E-state index in [4.69, 9.17) is 4.74 Å². The minimum atomic E-state index is -0.368. The van der Waals surface area contributed by atoms with E-state index in [1.54, 1.807) is 23.2 Å². The zero-order valence-corrected chi connectivity index (χ0v) is 11.7. The largest absolute Gasteiger partial charge is 0.471 e. The number of piperidine rings is 1. The van der Waals surface area contributed by atoms with E-state index in [1.165, 1.54) is 0 Å². The Kier molecular flexibility index (Phi) is 3.98. The summed E-state index contributed by atoms with van der Waals surface area (Å²) in [5, 5.41) is 10.4. The minimum Gasteiger partial charge on any atom is -0.471 e. The van der Waals surface area contributed by atoms with Crippen molar-refractivity contribution in [2.45, 2.75) is 37.8 Å². The van der Waals surface area contributed by atoms with Crippen molar-refractivity contribution in [3.8, 4) is 5.88 Å². The first-order valence-corrected chi connectivity index (χ1v) is 7.25. The quantitative estimate of drug-likeness (QED) is 0.855. The molecule has 1 aromatic heterocycles. The second-order valence-electron chi connectivity index (χ2n) is 5.39. The van der Waals surface area contributed by atoms with Gasteiger partial charge in [0, 0.05) is 25.2 Å². The third kappa shape index (κ3) is 3.29. The van der Waals surface area contributed by atoms with Gasteiger partial charge in [-0.1, -0.05) is 0 Å². The maximum atomic E-state index is 12.4. The molecule has 7 nitrogen and oxygen atoms in total. The number of nitrogens with zero attached hydrogens (tertiary/aromatic N) is 3. The molecule has 2 aliphatic heterocycles. The highest BCUT2D eigenvalue weighted by molar-refractivity contribution is 5.90. The van der Waals surface area contributed by atoms with Crippen molar-refractivity contribution in [2.75, 3.05) is 13.1 Å². The molecular weight excluding hydrogens is 272 g/mol. The van der Waals surface area contributed by atoms with Gasteiger partial charge in [-0.05, 0) is 25.3 Å². The third-order valence-electron chi connectivity index (χ3n) is 3.82. The first kappa shape index (κ1) is 13.8. The fourth-order valence-electron chi connectivity index (χ4n) is 2.78. The van der Waals surface area contributed by atoms with Gasteiger partial charge in [-0.15, -0.1) is 5.10 Å². The molecule has 2 amide bonds. The molecule has 2 aliphatic rings. The number of aromatic nitrogens is 2. The Morgan fingerprint density at radius 3 is 3.05 bits per heavy atom. The van der Waals surface area contributed by atoms with E-state index in [0.29, 0.717) is 31.8 Å². The second kappa shape index (κ2) is 6.07. The van der Waals surface area contributed by atoms with Gasteiger partial charge in [-0.2, -0.15) is 5.10 Å². The summed E-state index contributed by atoms with van der Waals surface area (Å²) in [6.45, 7) is 1.24. The highest BCUT2D eigenvalue weighted by Crippen LogP contribution is 2.18. The number of ether oxygens (including phenoxy) is 1. The van der Waals surface area contributed by atoms with Crippen LogP contribution in [0.5, 0.6) is 5.88 Å². The Hall–Kier alpha value is -2.18. The average Bonchev–Trinajstić information content (AvgIpc) is 2.94. The molecule has 0 aliphatic carbocycles. The van der Waals surface area contributed by atoms with Crippen molar-refractivity contribution in [3.05, 3.63) is 18.3 Å². The lowest BCUT2D eigenvalue weighted by atomic mass is 10.1. The highest BCUT2D eigenvalue weighted by Gasteiger charge is 2.33. The number of nitrogens with one attached hydrogen (secondary N) is 1. The van der Waals surface area contributed by atoms with E-state index in [1.807, 2.05) is 0 Å². The normalized spacial score (nSPS) is 25.5. The molecule has 21 heavy (non-hydrogen) atoms. The van der Waals surface area contributed by atoms with Crippen LogP contribution in [0.4, 0.5) is 0 Å². The lowest BCUT2D eigenvalue weighted by molar-refractivity contribution is -0.136. The zero-order chi connectivity index (χ0) is 14.7. The monoisotopic (exact) mass is 290 g/mol. The molecule has 2 saturated heterocycles. The van der Waals surface area contributed by atoms with E-state index in [-0.39, 0.29) is 24.0 Å². The molecule has 1 aromatic rings. The Morgan fingerprint density at radius 2 is 2.33 bits per heavy atom. The maximum Gasteiger partial charge on any atom is 0.245 e. The molecule has 2 fully saturated rings. The minimum absolute atomic E-state index is 0.00621. The number of carbonyl (C=O) groups is 2. The van der Waals surface area contributed by atoms with Crippen molar-refractivity contribution < 1.29 is 14.3 Å². The Balaban J connectivity index is 1.58. The summed E-state index contributed by atoms with van der Waals surface area (Å²) < 4.78 is 5.76. The van der Waals surface area contributed by atoms with E-state index in [0.717, 1.165) is 12.8 Å². The zero-order valence-electron chi connectivity index (χ0n) is 11.7. The first-order chi connectivity index (χ1) is 10.2. The number of amides is 2. The molecule has 0 radical (unpaired) electrons. The van der Waals surface area contributed by atoms with E-state index in [9.17, 15) is 9.59 Å². The molecule has 3 heterocycles. The second-order valence-corrected chi connectivity index (χ2v) is 5.39. The van der Waals surface area contributed by atoms with Gasteiger partial charge in [-0.3, -0.25) is 9.59 Å². The molecule has 0 aromatic carbocycles. The van der Waals surface area contributed by atoms with Crippen LogP contribution in [0.1, 0.15) is 25.7 Å². The first-order valence-electron chi connectivity index (χ1n) is 7.25. The topological polar surface area (TPSA) is 84.4 Å².